The fraction of sp³-hybridized carbons (Fsp3) is 0.182. The molecule has 0 N–H and O–H groups in total. The molecule has 72 valence electrons. The Kier molecular flexibility index (Phi) is 2.31. The van der Waals surface area contributed by atoms with Gasteiger partial charge in [-0.2, -0.15) is 5.10 Å². The molecule has 1 aromatic carbocycles. The second kappa shape index (κ2) is 3.62. The Morgan fingerprint density at radius 3 is 2.57 bits per heavy atom. The maximum Gasteiger partial charge on any atom is 0.123 e. The van der Waals surface area contributed by atoms with E-state index in [0.717, 1.165) is 17.8 Å². The minimum absolute atomic E-state index is 0.223. The molecule has 0 unspecified atom stereocenters. The van der Waals surface area contributed by atoms with Crippen LogP contribution in [0, 0.1) is 5.82 Å². The number of nitrogens with zero attached hydrogens (tertiary/aromatic N) is 2. The average molecular weight is 190 g/mol. The summed E-state index contributed by atoms with van der Waals surface area (Å²) in [5.74, 6) is -0.223. The van der Waals surface area contributed by atoms with Gasteiger partial charge in [0.25, 0.3) is 0 Å². The molecule has 0 aliphatic heterocycles. The first-order valence-corrected chi connectivity index (χ1v) is 4.60. The molecular formula is C11H11FN2. The normalized spacial score (nSPS) is 10.4. The zero-order valence-corrected chi connectivity index (χ0v) is 7.94. The topological polar surface area (TPSA) is 17.8 Å². The monoisotopic (exact) mass is 190 g/mol. The van der Waals surface area contributed by atoms with Crippen molar-refractivity contribution in [2.75, 3.05) is 0 Å². The predicted molar refractivity (Wildman–Crippen MR) is 52.9 cm³/mol. The number of benzene rings is 1. The Balaban J connectivity index is 2.44. The van der Waals surface area contributed by atoms with Crippen LogP contribution in [-0.4, -0.2) is 9.78 Å². The van der Waals surface area contributed by atoms with Gasteiger partial charge in [-0.3, -0.25) is 0 Å². The van der Waals surface area contributed by atoms with Crippen molar-refractivity contribution in [2.24, 2.45) is 0 Å². The molecule has 0 radical (unpaired) electrons. The van der Waals surface area contributed by atoms with E-state index in [9.17, 15) is 4.39 Å². The maximum absolute atomic E-state index is 12.7. The third-order valence-corrected chi connectivity index (χ3v) is 2.15. The second-order valence-electron chi connectivity index (χ2n) is 3.06. The number of aromatic nitrogens is 2. The molecule has 0 saturated carbocycles. The highest BCUT2D eigenvalue weighted by Gasteiger charge is 2.02. The van der Waals surface area contributed by atoms with Gasteiger partial charge < -0.3 is 0 Å². The lowest BCUT2D eigenvalue weighted by Gasteiger charge is -2.04. The Morgan fingerprint density at radius 1 is 1.21 bits per heavy atom. The van der Waals surface area contributed by atoms with Crippen molar-refractivity contribution in [1.29, 1.82) is 0 Å². The molecule has 2 aromatic rings. The lowest BCUT2D eigenvalue weighted by Crippen LogP contribution is -2.00. The molecule has 0 bridgehead atoms. The third kappa shape index (κ3) is 1.53. The second-order valence-corrected chi connectivity index (χ2v) is 3.06. The molecule has 2 rings (SSSR count). The molecule has 0 amide bonds. The summed E-state index contributed by atoms with van der Waals surface area (Å²) in [6.45, 7) is 2.07. The van der Waals surface area contributed by atoms with Crippen LogP contribution in [0.4, 0.5) is 4.39 Å². The van der Waals surface area contributed by atoms with E-state index in [4.69, 9.17) is 0 Å². The van der Waals surface area contributed by atoms with Gasteiger partial charge in [0, 0.05) is 11.9 Å². The van der Waals surface area contributed by atoms with Gasteiger partial charge in [0.15, 0.2) is 0 Å². The summed E-state index contributed by atoms with van der Waals surface area (Å²) < 4.78 is 14.5. The van der Waals surface area contributed by atoms with Crippen LogP contribution in [0.5, 0.6) is 0 Å². The number of hydrogen-bond donors (Lipinski definition) is 0. The van der Waals surface area contributed by atoms with Gasteiger partial charge in [0.2, 0.25) is 0 Å². The van der Waals surface area contributed by atoms with E-state index in [0.29, 0.717) is 0 Å². The Labute approximate surface area is 82.0 Å². The summed E-state index contributed by atoms with van der Waals surface area (Å²) in [5.41, 5.74) is 2.02. The fourth-order valence-electron chi connectivity index (χ4n) is 1.41. The van der Waals surface area contributed by atoms with E-state index in [1.807, 2.05) is 10.7 Å². The Hall–Kier alpha value is -1.64. The number of halogens is 1. The van der Waals surface area contributed by atoms with E-state index >= 15 is 0 Å². The van der Waals surface area contributed by atoms with Crippen molar-refractivity contribution in [3.8, 4) is 5.69 Å². The van der Waals surface area contributed by atoms with Crippen molar-refractivity contribution in [3.05, 3.63) is 48.0 Å². The zero-order valence-electron chi connectivity index (χ0n) is 7.94. The summed E-state index contributed by atoms with van der Waals surface area (Å²) in [4.78, 5) is 0. The molecule has 0 aliphatic carbocycles. The van der Waals surface area contributed by atoms with Crippen LogP contribution in [0.25, 0.3) is 5.69 Å². The predicted octanol–water partition coefficient (Wildman–Crippen LogP) is 2.57. The van der Waals surface area contributed by atoms with Crippen LogP contribution < -0.4 is 0 Å². The van der Waals surface area contributed by atoms with Crippen LogP contribution in [-0.2, 0) is 6.42 Å². The van der Waals surface area contributed by atoms with Gasteiger partial charge in [-0.1, -0.05) is 6.92 Å². The lowest BCUT2D eigenvalue weighted by atomic mass is 10.3. The first-order valence-electron chi connectivity index (χ1n) is 4.60. The maximum atomic E-state index is 12.7. The zero-order chi connectivity index (χ0) is 9.97. The highest BCUT2D eigenvalue weighted by atomic mass is 19.1. The molecule has 14 heavy (non-hydrogen) atoms. The number of aryl methyl sites for hydroxylation is 1. The van der Waals surface area contributed by atoms with Crippen molar-refractivity contribution < 1.29 is 4.39 Å². The van der Waals surface area contributed by atoms with Gasteiger partial charge in [0.05, 0.1) is 5.69 Å². The van der Waals surface area contributed by atoms with Crippen LogP contribution in [0.3, 0.4) is 0 Å². The number of rotatable bonds is 2. The van der Waals surface area contributed by atoms with Crippen molar-refractivity contribution in [1.82, 2.24) is 9.78 Å². The molecule has 1 heterocycles. The average Bonchev–Trinajstić information content (AvgIpc) is 2.67. The lowest BCUT2D eigenvalue weighted by molar-refractivity contribution is 0.626. The van der Waals surface area contributed by atoms with E-state index in [2.05, 4.69) is 12.0 Å². The molecule has 0 atom stereocenters. The largest absolute Gasteiger partial charge is 0.238 e. The van der Waals surface area contributed by atoms with Gasteiger partial charge in [-0.25, -0.2) is 9.07 Å². The first kappa shape index (κ1) is 8.94. The van der Waals surface area contributed by atoms with E-state index in [-0.39, 0.29) is 5.82 Å². The molecule has 0 fully saturated rings. The van der Waals surface area contributed by atoms with E-state index in [1.54, 1.807) is 18.3 Å². The standard InChI is InChI=1S/C11H11FN2/c1-2-10-7-8-13-14(10)11-5-3-9(12)4-6-11/h3-8H,2H2,1H3. The molecular weight excluding hydrogens is 179 g/mol. The minimum atomic E-state index is -0.223. The molecule has 3 heteroatoms. The summed E-state index contributed by atoms with van der Waals surface area (Å²) in [5, 5.41) is 4.18. The molecule has 0 spiro atoms. The number of hydrogen-bond acceptors (Lipinski definition) is 1. The Morgan fingerprint density at radius 2 is 1.93 bits per heavy atom. The SMILES string of the molecule is CCc1ccnn1-c1ccc(F)cc1. The molecule has 1 aromatic heterocycles. The fourth-order valence-corrected chi connectivity index (χ4v) is 1.41. The van der Waals surface area contributed by atoms with Crippen LogP contribution in [0.15, 0.2) is 36.5 Å². The highest BCUT2D eigenvalue weighted by Crippen LogP contribution is 2.11. The third-order valence-electron chi connectivity index (χ3n) is 2.15. The molecule has 0 aliphatic rings. The van der Waals surface area contributed by atoms with E-state index < -0.39 is 0 Å². The van der Waals surface area contributed by atoms with E-state index in [1.165, 1.54) is 12.1 Å². The summed E-state index contributed by atoms with van der Waals surface area (Å²) in [6, 6.07) is 8.29. The summed E-state index contributed by atoms with van der Waals surface area (Å²) >= 11 is 0. The van der Waals surface area contributed by atoms with Crippen LogP contribution in [0.2, 0.25) is 0 Å². The summed E-state index contributed by atoms with van der Waals surface area (Å²) in [6.07, 6.45) is 2.67. The quantitative estimate of drug-likeness (QED) is 0.711. The summed E-state index contributed by atoms with van der Waals surface area (Å²) in [7, 11) is 0. The van der Waals surface area contributed by atoms with Crippen LogP contribution >= 0.6 is 0 Å². The van der Waals surface area contributed by atoms with Gasteiger partial charge in [-0.05, 0) is 36.8 Å². The Bertz CT molecular complexity index is 417. The molecule has 0 saturated heterocycles. The van der Waals surface area contributed by atoms with Crippen LogP contribution in [0.1, 0.15) is 12.6 Å². The van der Waals surface area contributed by atoms with Crippen molar-refractivity contribution >= 4 is 0 Å². The van der Waals surface area contributed by atoms with Crippen molar-refractivity contribution in [2.45, 2.75) is 13.3 Å². The van der Waals surface area contributed by atoms with Gasteiger partial charge >= 0.3 is 0 Å². The minimum Gasteiger partial charge on any atom is -0.238 e. The van der Waals surface area contributed by atoms with Gasteiger partial charge in [-0.15, -0.1) is 0 Å². The smallest absolute Gasteiger partial charge is 0.123 e. The first-order chi connectivity index (χ1) is 6.81. The highest BCUT2D eigenvalue weighted by molar-refractivity contribution is 5.32. The molecule has 2 nitrogen and oxygen atoms in total. The van der Waals surface area contributed by atoms with Gasteiger partial charge in [0.1, 0.15) is 5.82 Å². The van der Waals surface area contributed by atoms with Crippen molar-refractivity contribution in [3.63, 3.8) is 0 Å².